The molecule has 0 atom stereocenters. The third-order valence-corrected chi connectivity index (χ3v) is 3.70. The van der Waals surface area contributed by atoms with Gasteiger partial charge in [0.1, 0.15) is 21.7 Å². The van der Waals surface area contributed by atoms with Crippen LogP contribution in [-0.2, 0) is 14.3 Å². The number of carbonyl (C=O) groups is 2. The van der Waals surface area contributed by atoms with Crippen LogP contribution in [0.5, 0.6) is 0 Å². The van der Waals surface area contributed by atoms with Gasteiger partial charge >= 0.3 is 5.97 Å². The molecule has 1 aromatic rings. The van der Waals surface area contributed by atoms with E-state index in [0.717, 1.165) is 0 Å². The minimum Gasteiger partial charge on any atom is -0.469 e. The van der Waals surface area contributed by atoms with E-state index in [1.165, 1.54) is 23.2 Å². The van der Waals surface area contributed by atoms with E-state index < -0.39 is 5.97 Å². The Labute approximate surface area is 104 Å². The van der Waals surface area contributed by atoms with Crippen LogP contribution in [0.2, 0.25) is 0 Å². The van der Waals surface area contributed by atoms with Gasteiger partial charge in [-0.3, -0.25) is 9.59 Å². The normalized spacial score (nSPS) is 10.1. The van der Waals surface area contributed by atoms with Crippen LogP contribution in [0.25, 0.3) is 0 Å². The van der Waals surface area contributed by atoms with Crippen molar-refractivity contribution in [1.29, 1.82) is 0 Å². The summed E-state index contributed by atoms with van der Waals surface area (Å²) in [4.78, 5) is 21.8. The van der Waals surface area contributed by atoms with E-state index in [9.17, 15) is 9.59 Å². The zero-order chi connectivity index (χ0) is 12.8. The quantitative estimate of drug-likeness (QED) is 0.445. The maximum absolute atomic E-state index is 11.2. The summed E-state index contributed by atoms with van der Waals surface area (Å²) in [5.74, 6) is -0.597. The van der Waals surface area contributed by atoms with E-state index in [-0.39, 0.29) is 12.2 Å². The van der Waals surface area contributed by atoms with Crippen molar-refractivity contribution < 1.29 is 14.3 Å². The lowest BCUT2D eigenvalue weighted by molar-refractivity contribution is -0.143. The molecule has 0 spiro atoms. The Morgan fingerprint density at radius 2 is 2.00 bits per heavy atom. The molecule has 0 heterocycles. The first kappa shape index (κ1) is 13.6. The Kier molecular flexibility index (Phi) is 5.09. The van der Waals surface area contributed by atoms with E-state index in [0.29, 0.717) is 15.7 Å². The number of carbonyl (C=O) groups excluding carboxylic acids is 2. The molecule has 0 bridgehead atoms. The second kappa shape index (κ2) is 6.35. The molecule has 0 aliphatic heterocycles. The van der Waals surface area contributed by atoms with Gasteiger partial charge in [0.05, 0.1) is 6.23 Å². The second-order valence-electron chi connectivity index (χ2n) is 3.96. The monoisotopic (exact) mass is 248 g/mol. The Morgan fingerprint density at radius 3 is 2.65 bits per heavy atom. The molecular formula is C13H16O3Si. The molecule has 0 fully saturated rings. The van der Waals surface area contributed by atoms with E-state index in [1.54, 1.807) is 0 Å². The minimum atomic E-state index is -0.435. The van der Waals surface area contributed by atoms with Crippen LogP contribution in [0.4, 0.5) is 0 Å². The van der Waals surface area contributed by atoms with Crippen LogP contribution in [0, 0.1) is 13.8 Å². The first-order valence-electron chi connectivity index (χ1n) is 5.46. The number of rotatable bonds is 5. The molecule has 0 amide bonds. The van der Waals surface area contributed by atoms with Crippen molar-refractivity contribution in [3.8, 4) is 0 Å². The average molecular weight is 248 g/mol. The molecule has 1 aromatic carbocycles. The molecule has 0 aliphatic carbocycles. The summed E-state index contributed by atoms with van der Waals surface area (Å²) in [5, 5.41) is 1.21. The summed E-state index contributed by atoms with van der Waals surface area (Å²) in [7, 11) is 0.435. The molecule has 0 aromatic heterocycles. The van der Waals surface area contributed by atoms with E-state index >= 15 is 0 Å². The SMILES string of the molecule is CC(=O)CC(=O)OC[Si]c1cccc(C)c1C. The van der Waals surface area contributed by atoms with Gasteiger partial charge in [-0.1, -0.05) is 23.4 Å². The van der Waals surface area contributed by atoms with Gasteiger partial charge in [0.15, 0.2) is 0 Å². The Balaban J connectivity index is 2.43. The van der Waals surface area contributed by atoms with Crippen LogP contribution in [0.1, 0.15) is 24.5 Å². The molecule has 90 valence electrons. The maximum atomic E-state index is 11.2. The zero-order valence-corrected chi connectivity index (χ0v) is 11.4. The molecule has 0 N–H and O–H groups in total. The van der Waals surface area contributed by atoms with E-state index in [4.69, 9.17) is 4.74 Å². The largest absolute Gasteiger partial charge is 0.469 e. The molecule has 0 unspecified atom stereocenters. The van der Waals surface area contributed by atoms with Gasteiger partial charge in [0.25, 0.3) is 0 Å². The molecule has 0 aliphatic rings. The molecular weight excluding hydrogens is 232 g/mol. The lowest BCUT2D eigenvalue weighted by atomic mass is 10.1. The molecule has 0 saturated carbocycles. The number of aryl methyl sites for hydroxylation is 1. The summed E-state index contributed by atoms with van der Waals surface area (Å²) in [5.41, 5.74) is 2.48. The molecule has 2 radical (unpaired) electrons. The van der Waals surface area contributed by atoms with Crippen molar-refractivity contribution >= 4 is 26.5 Å². The topological polar surface area (TPSA) is 43.4 Å². The van der Waals surface area contributed by atoms with Crippen molar-refractivity contribution in [2.75, 3.05) is 6.23 Å². The third kappa shape index (κ3) is 4.52. The van der Waals surface area contributed by atoms with E-state index in [1.807, 2.05) is 12.1 Å². The predicted octanol–water partition coefficient (Wildman–Crippen LogP) is 1.11. The highest BCUT2D eigenvalue weighted by molar-refractivity contribution is 6.54. The standard InChI is InChI=1S/C13H16O3Si/c1-9-5-4-6-12(11(9)3)17-8-16-13(15)7-10(2)14/h4-6H,7-8H2,1-3H3. The van der Waals surface area contributed by atoms with Crippen molar-refractivity contribution in [1.82, 2.24) is 0 Å². The number of hydrogen-bond donors (Lipinski definition) is 0. The fourth-order valence-electron chi connectivity index (χ4n) is 1.39. The summed E-state index contributed by atoms with van der Waals surface area (Å²) in [6.07, 6.45) is 0.230. The van der Waals surface area contributed by atoms with Gasteiger partial charge in [0.2, 0.25) is 0 Å². The summed E-state index contributed by atoms with van der Waals surface area (Å²) in [6, 6.07) is 6.10. The number of Topliss-reactive ketones (excluding diaryl/α,β-unsaturated/α-hetero) is 1. The molecule has 0 saturated heterocycles. The smallest absolute Gasteiger partial charge is 0.312 e. The Hall–Kier alpha value is -1.42. The first-order chi connectivity index (χ1) is 8.00. The lowest BCUT2D eigenvalue weighted by Gasteiger charge is -2.07. The number of ketones is 1. The van der Waals surface area contributed by atoms with Crippen molar-refractivity contribution in [3.05, 3.63) is 29.3 Å². The lowest BCUT2D eigenvalue weighted by Crippen LogP contribution is -2.25. The van der Waals surface area contributed by atoms with Gasteiger partial charge < -0.3 is 4.74 Å². The maximum Gasteiger partial charge on any atom is 0.312 e. The molecule has 4 heteroatoms. The number of benzene rings is 1. The minimum absolute atomic E-state index is 0.128. The average Bonchev–Trinajstić information content (AvgIpc) is 2.23. The molecule has 3 nitrogen and oxygen atoms in total. The Bertz CT molecular complexity index is 427. The van der Waals surface area contributed by atoms with Crippen LogP contribution >= 0.6 is 0 Å². The fraction of sp³-hybridized carbons (Fsp3) is 0.385. The highest BCUT2D eigenvalue weighted by Crippen LogP contribution is 2.01. The van der Waals surface area contributed by atoms with Gasteiger partial charge in [-0.15, -0.1) is 0 Å². The van der Waals surface area contributed by atoms with Crippen LogP contribution < -0.4 is 5.19 Å². The van der Waals surface area contributed by atoms with Crippen molar-refractivity contribution in [3.63, 3.8) is 0 Å². The molecule has 17 heavy (non-hydrogen) atoms. The van der Waals surface area contributed by atoms with Gasteiger partial charge in [-0.05, 0) is 31.9 Å². The second-order valence-corrected chi connectivity index (χ2v) is 5.14. The first-order valence-corrected chi connectivity index (χ1v) is 6.66. The number of esters is 1. The third-order valence-electron chi connectivity index (χ3n) is 2.49. The molecule has 1 rings (SSSR count). The van der Waals surface area contributed by atoms with Crippen molar-refractivity contribution in [2.45, 2.75) is 27.2 Å². The van der Waals surface area contributed by atoms with Crippen LogP contribution in [-0.4, -0.2) is 27.5 Å². The van der Waals surface area contributed by atoms with Gasteiger partial charge in [-0.2, -0.15) is 0 Å². The van der Waals surface area contributed by atoms with E-state index in [2.05, 4.69) is 19.9 Å². The fourth-order valence-corrected chi connectivity index (χ4v) is 2.46. The predicted molar refractivity (Wildman–Crippen MR) is 67.6 cm³/mol. The number of hydrogen-bond acceptors (Lipinski definition) is 3. The summed E-state index contributed by atoms with van der Waals surface area (Å²) < 4.78 is 5.00. The Morgan fingerprint density at radius 1 is 1.29 bits per heavy atom. The van der Waals surface area contributed by atoms with Gasteiger partial charge in [-0.25, -0.2) is 0 Å². The van der Waals surface area contributed by atoms with Crippen LogP contribution in [0.3, 0.4) is 0 Å². The summed E-state index contributed by atoms with van der Waals surface area (Å²) in [6.45, 7) is 5.51. The summed E-state index contributed by atoms with van der Waals surface area (Å²) >= 11 is 0. The highest BCUT2D eigenvalue weighted by atomic mass is 28.2. The number of ether oxygens (including phenoxy) is 1. The van der Waals surface area contributed by atoms with Crippen molar-refractivity contribution in [2.24, 2.45) is 0 Å². The van der Waals surface area contributed by atoms with Crippen LogP contribution in [0.15, 0.2) is 18.2 Å². The zero-order valence-electron chi connectivity index (χ0n) is 10.4. The highest BCUT2D eigenvalue weighted by Gasteiger charge is 2.07. The van der Waals surface area contributed by atoms with Gasteiger partial charge in [0, 0.05) is 0 Å².